The molecule has 0 heterocycles. The highest BCUT2D eigenvalue weighted by Crippen LogP contribution is 2.43. The van der Waals surface area contributed by atoms with Crippen molar-refractivity contribution in [2.75, 3.05) is 47.5 Å². The maximum absolute atomic E-state index is 12.8. The van der Waals surface area contributed by atoms with Crippen LogP contribution in [-0.2, 0) is 32.7 Å². The molecule has 0 aliphatic heterocycles. The van der Waals surface area contributed by atoms with Gasteiger partial charge in [0.2, 0.25) is 0 Å². The molecule has 2 atom stereocenters. The molecule has 0 spiro atoms. The zero-order chi connectivity index (χ0) is 57.0. The largest absolute Gasteiger partial charge is 0.472 e. The van der Waals surface area contributed by atoms with E-state index in [1.54, 1.807) is 0 Å². The molecule has 0 radical (unpaired) electrons. The van der Waals surface area contributed by atoms with E-state index in [1.165, 1.54) is 250 Å². The van der Waals surface area contributed by atoms with Crippen molar-refractivity contribution >= 4 is 19.8 Å². The lowest BCUT2D eigenvalue weighted by Gasteiger charge is -2.24. The van der Waals surface area contributed by atoms with Crippen molar-refractivity contribution in [3.05, 3.63) is 36.5 Å². The summed E-state index contributed by atoms with van der Waals surface area (Å²) >= 11 is 0. The van der Waals surface area contributed by atoms with Crippen LogP contribution < -0.4 is 0 Å². The number of nitrogens with zero attached hydrogens (tertiary/aromatic N) is 1. The van der Waals surface area contributed by atoms with Gasteiger partial charge in [-0.3, -0.25) is 18.6 Å². The van der Waals surface area contributed by atoms with E-state index in [0.717, 1.165) is 51.4 Å². The fourth-order valence-corrected chi connectivity index (χ4v) is 10.7. The van der Waals surface area contributed by atoms with Gasteiger partial charge in [0.15, 0.2) is 6.10 Å². The lowest BCUT2D eigenvalue weighted by atomic mass is 10.0. The lowest BCUT2D eigenvalue weighted by molar-refractivity contribution is -0.870. The molecule has 0 aromatic heterocycles. The van der Waals surface area contributed by atoms with Gasteiger partial charge in [0.05, 0.1) is 27.7 Å². The number of quaternary nitrogens is 1. The summed E-state index contributed by atoms with van der Waals surface area (Å²) < 4.78 is 34.6. The molecule has 0 rings (SSSR count). The summed E-state index contributed by atoms with van der Waals surface area (Å²) in [4.78, 5) is 35.7. The number of ether oxygens (including phenoxy) is 2. The molecule has 0 aliphatic rings. The van der Waals surface area contributed by atoms with Crippen LogP contribution in [0.4, 0.5) is 0 Å². The molecule has 9 nitrogen and oxygen atoms in total. The molecule has 0 aliphatic carbocycles. The lowest BCUT2D eigenvalue weighted by Crippen LogP contribution is -2.37. The van der Waals surface area contributed by atoms with Crippen molar-refractivity contribution in [2.45, 2.75) is 341 Å². The Kier molecular flexibility index (Phi) is 58.5. The van der Waals surface area contributed by atoms with Crippen LogP contribution in [0.25, 0.3) is 0 Å². The molecule has 0 fully saturated rings. The Balaban J connectivity index is 3.90. The van der Waals surface area contributed by atoms with Gasteiger partial charge in [0.25, 0.3) is 0 Å². The van der Waals surface area contributed by atoms with E-state index >= 15 is 0 Å². The van der Waals surface area contributed by atoms with Gasteiger partial charge in [-0.2, -0.15) is 0 Å². The van der Waals surface area contributed by atoms with Crippen LogP contribution in [-0.4, -0.2) is 74.9 Å². The predicted molar refractivity (Wildman–Crippen MR) is 335 cm³/mol. The highest BCUT2D eigenvalue weighted by molar-refractivity contribution is 7.47. The van der Waals surface area contributed by atoms with E-state index in [2.05, 4.69) is 50.3 Å². The van der Waals surface area contributed by atoms with Gasteiger partial charge in [0, 0.05) is 12.8 Å². The monoisotopic (exact) mass is 1120 g/mol. The average molecular weight is 1120 g/mol. The number of esters is 2. The van der Waals surface area contributed by atoms with E-state index in [4.69, 9.17) is 18.5 Å². The second-order valence-corrected chi connectivity index (χ2v) is 25.7. The smallest absolute Gasteiger partial charge is 0.462 e. The highest BCUT2D eigenvalue weighted by atomic mass is 31.2. The molecule has 0 aromatic carbocycles. The van der Waals surface area contributed by atoms with Crippen LogP contribution in [0.1, 0.15) is 335 Å². The van der Waals surface area contributed by atoms with Crippen molar-refractivity contribution in [3.63, 3.8) is 0 Å². The molecule has 0 bridgehead atoms. The third kappa shape index (κ3) is 63.4. The maximum Gasteiger partial charge on any atom is 0.472 e. The Bertz CT molecular complexity index is 1410. The van der Waals surface area contributed by atoms with Crippen LogP contribution in [0.3, 0.4) is 0 Å². The SMILES string of the molecule is CCCCC/C=C\C/C=C\CCCCCCCCCC(=O)OC(COC(=O)CCCCCCCCCCCCCCCCCCCCCCCCCCC/C=C\CCCCCCCCCC)COP(=O)(O)OCC[N+](C)(C)C. The fourth-order valence-electron chi connectivity index (χ4n) is 9.93. The third-order valence-electron chi connectivity index (χ3n) is 15.1. The first-order valence-corrected chi connectivity index (χ1v) is 35.2. The molecule has 1 N–H and O–H groups in total. The van der Waals surface area contributed by atoms with Crippen molar-refractivity contribution in [1.29, 1.82) is 0 Å². The Hall–Kier alpha value is -1.77. The van der Waals surface area contributed by atoms with E-state index < -0.39 is 26.5 Å². The summed E-state index contributed by atoms with van der Waals surface area (Å²) in [7, 11) is 1.48. The van der Waals surface area contributed by atoms with E-state index in [0.29, 0.717) is 23.9 Å². The molecule has 0 saturated heterocycles. The van der Waals surface area contributed by atoms with E-state index in [9.17, 15) is 19.0 Å². The first-order valence-electron chi connectivity index (χ1n) is 33.7. The number of phosphoric ester groups is 1. The first kappa shape index (κ1) is 76.2. The fraction of sp³-hybridized carbons (Fsp3) is 0.882. The summed E-state index contributed by atoms with van der Waals surface area (Å²) in [6.45, 7) is 4.45. The molecule has 460 valence electrons. The number of hydrogen-bond acceptors (Lipinski definition) is 7. The van der Waals surface area contributed by atoms with Gasteiger partial charge < -0.3 is 18.9 Å². The quantitative estimate of drug-likeness (QED) is 0.0211. The summed E-state index contributed by atoms with van der Waals surface area (Å²) in [5.41, 5.74) is 0. The molecule has 78 heavy (non-hydrogen) atoms. The molecule has 0 aromatic rings. The third-order valence-corrected chi connectivity index (χ3v) is 16.1. The predicted octanol–water partition coefficient (Wildman–Crippen LogP) is 21.5. The highest BCUT2D eigenvalue weighted by Gasteiger charge is 2.27. The minimum absolute atomic E-state index is 0.0317. The summed E-state index contributed by atoms with van der Waals surface area (Å²) in [6, 6.07) is 0. The molecular weight excluding hydrogens is 990 g/mol. The van der Waals surface area contributed by atoms with Gasteiger partial charge in [-0.05, 0) is 70.6 Å². The molecule has 0 amide bonds. The van der Waals surface area contributed by atoms with Gasteiger partial charge in [-0.25, -0.2) is 4.57 Å². The number of hydrogen-bond donors (Lipinski definition) is 1. The van der Waals surface area contributed by atoms with Gasteiger partial charge in [-0.15, -0.1) is 0 Å². The standard InChI is InChI=1S/C68H130NO8P/c1-6-8-10-12-14-16-18-20-22-24-25-26-27-28-29-30-31-32-33-34-35-36-37-38-39-40-41-42-43-45-46-48-50-52-54-56-58-60-67(70)74-64-66(65-76-78(72,73)75-63-62-69(3,4)5)77-68(71)61-59-57-55-53-51-49-47-44-23-21-19-17-15-13-11-9-7-2/h15,17,21,23-25,66H,6-14,16,18-20,22,26-65H2,1-5H3/p+1/b17-15-,23-21-,25-24-. The van der Waals surface area contributed by atoms with Crippen molar-refractivity contribution in [3.8, 4) is 0 Å². The molecule has 2 unspecified atom stereocenters. The van der Waals surface area contributed by atoms with E-state index in [-0.39, 0.29) is 25.6 Å². The number of rotatable bonds is 63. The van der Waals surface area contributed by atoms with Crippen LogP contribution in [0, 0.1) is 0 Å². The van der Waals surface area contributed by atoms with Gasteiger partial charge >= 0.3 is 19.8 Å². The minimum Gasteiger partial charge on any atom is -0.462 e. The second-order valence-electron chi connectivity index (χ2n) is 24.2. The number of carbonyl (C=O) groups is 2. The van der Waals surface area contributed by atoms with E-state index in [1.807, 2.05) is 21.1 Å². The summed E-state index contributed by atoms with van der Waals surface area (Å²) in [6.07, 6.45) is 75.5. The average Bonchev–Trinajstić information content (AvgIpc) is 3.40. The minimum atomic E-state index is -4.39. The molecular formula is C68H131NO8P+. The number of phosphoric acid groups is 1. The van der Waals surface area contributed by atoms with Crippen LogP contribution in [0.5, 0.6) is 0 Å². The summed E-state index contributed by atoms with van der Waals surface area (Å²) in [5, 5.41) is 0. The number of likely N-dealkylation sites (N-methyl/N-ethyl adjacent to an activating group) is 1. The van der Waals surface area contributed by atoms with Gasteiger partial charge in [-0.1, -0.05) is 288 Å². The second kappa shape index (κ2) is 59.8. The summed E-state index contributed by atoms with van der Waals surface area (Å²) in [5.74, 6) is -0.791. The Morgan fingerprint density at radius 3 is 1.05 bits per heavy atom. The zero-order valence-electron chi connectivity index (χ0n) is 52.4. The maximum atomic E-state index is 12.8. The zero-order valence-corrected chi connectivity index (χ0v) is 53.3. The van der Waals surface area contributed by atoms with Crippen LogP contribution in [0.2, 0.25) is 0 Å². The first-order chi connectivity index (χ1) is 38.0. The Morgan fingerprint density at radius 2 is 0.692 bits per heavy atom. The van der Waals surface area contributed by atoms with Crippen LogP contribution in [0.15, 0.2) is 36.5 Å². The number of unbranched alkanes of at least 4 members (excludes halogenated alkanes) is 43. The Morgan fingerprint density at radius 1 is 0.397 bits per heavy atom. The number of carbonyl (C=O) groups excluding carboxylic acids is 2. The molecule has 0 saturated carbocycles. The topological polar surface area (TPSA) is 108 Å². The van der Waals surface area contributed by atoms with Gasteiger partial charge in [0.1, 0.15) is 19.8 Å². The van der Waals surface area contributed by atoms with Crippen molar-refractivity contribution < 1.29 is 42.1 Å². The van der Waals surface area contributed by atoms with Crippen LogP contribution >= 0.6 is 7.82 Å². The normalized spacial score (nSPS) is 13.4. The molecule has 10 heteroatoms. The Labute approximate surface area is 484 Å². The number of allylic oxidation sites excluding steroid dienone is 6. The van der Waals surface area contributed by atoms with Crippen molar-refractivity contribution in [1.82, 2.24) is 0 Å². The van der Waals surface area contributed by atoms with Crippen molar-refractivity contribution in [2.24, 2.45) is 0 Å².